The van der Waals surface area contributed by atoms with Crippen LogP contribution in [0.25, 0.3) is 0 Å². The molecule has 0 unspecified atom stereocenters. The first-order valence-corrected chi connectivity index (χ1v) is 3.72. The Morgan fingerprint density at radius 3 is 2.90 bits per heavy atom. The van der Waals surface area contributed by atoms with Gasteiger partial charge < -0.3 is 5.11 Å². The zero-order valence-corrected chi connectivity index (χ0v) is 7.17. The molecule has 1 rings (SSSR count). The van der Waals surface area contributed by atoms with Crippen LogP contribution in [0, 0.1) is 9.39 Å². The predicted molar refractivity (Wildman–Crippen MR) is 42.8 cm³/mol. The summed E-state index contributed by atoms with van der Waals surface area (Å²) in [5.41, 5.74) is 0.359. The fourth-order valence-electron chi connectivity index (χ4n) is 0.540. The number of nitrogens with zero attached hydrogens (tertiary/aromatic N) is 1. The summed E-state index contributed by atoms with van der Waals surface area (Å²) in [4.78, 5) is 3.76. The maximum Gasteiger partial charge on any atom is 0.139 e. The van der Waals surface area contributed by atoms with E-state index in [9.17, 15) is 4.39 Å². The zero-order chi connectivity index (χ0) is 7.56. The van der Waals surface area contributed by atoms with Gasteiger partial charge in [-0.1, -0.05) is 0 Å². The molecule has 0 aliphatic rings. The summed E-state index contributed by atoms with van der Waals surface area (Å²) in [6.45, 7) is -0.214. The van der Waals surface area contributed by atoms with Crippen molar-refractivity contribution in [1.82, 2.24) is 4.98 Å². The van der Waals surface area contributed by atoms with Gasteiger partial charge >= 0.3 is 0 Å². The van der Waals surface area contributed by atoms with Crippen molar-refractivity contribution in [2.45, 2.75) is 6.61 Å². The van der Waals surface area contributed by atoms with Gasteiger partial charge in [-0.05, 0) is 28.7 Å². The summed E-state index contributed by atoms with van der Waals surface area (Å²) < 4.78 is 13.1. The minimum Gasteiger partial charge on any atom is -0.390 e. The van der Waals surface area contributed by atoms with E-state index in [0.717, 1.165) is 0 Å². The number of pyridine rings is 1. The van der Waals surface area contributed by atoms with E-state index >= 15 is 0 Å². The summed E-state index contributed by atoms with van der Waals surface area (Å²) in [5, 5.41) is 8.52. The second kappa shape index (κ2) is 3.25. The minimum atomic E-state index is -0.334. The highest BCUT2D eigenvalue weighted by molar-refractivity contribution is 14.1. The lowest BCUT2D eigenvalue weighted by Gasteiger charge is -1.95. The first-order valence-electron chi connectivity index (χ1n) is 2.65. The Hall–Kier alpha value is -0.230. The molecule has 1 aromatic rings. The van der Waals surface area contributed by atoms with E-state index in [1.807, 2.05) is 22.6 Å². The van der Waals surface area contributed by atoms with Crippen LogP contribution < -0.4 is 0 Å². The fourth-order valence-corrected chi connectivity index (χ4v) is 0.835. The van der Waals surface area contributed by atoms with Gasteiger partial charge in [-0.25, -0.2) is 4.39 Å². The van der Waals surface area contributed by atoms with Gasteiger partial charge in [0.25, 0.3) is 0 Å². The molecule has 1 N–H and O–H groups in total. The Morgan fingerprint density at radius 2 is 2.40 bits per heavy atom. The minimum absolute atomic E-state index is 0.214. The summed E-state index contributed by atoms with van der Waals surface area (Å²) in [6.07, 6.45) is 1.39. The van der Waals surface area contributed by atoms with E-state index in [1.165, 1.54) is 12.3 Å². The van der Waals surface area contributed by atoms with Crippen LogP contribution in [-0.2, 0) is 6.61 Å². The second-order valence-corrected chi connectivity index (χ2v) is 2.91. The Bertz CT molecular complexity index is 241. The van der Waals surface area contributed by atoms with E-state index < -0.39 is 0 Å². The Balaban J connectivity index is 3.04. The fraction of sp³-hybridized carbons (Fsp3) is 0.167. The molecule has 0 spiro atoms. The lowest BCUT2D eigenvalue weighted by molar-refractivity contribution is 0.276. The van der Waals surface area contributed by atoms with Crippen molar-refractivity contribution in [3.8, 4) is 0 Å². The maximum absolute atomic E-state index is 12.6. The highest BCUT2D eigenvalue weighted by atomic mass is 127. The molecule has 0 atom stereocenters. The van der Waals surface area contributed by atoms with Gasteiger partial charge in [0.15, 0.2) is 0 Å². The van der Waals surface area contributed by atoms with Crippen molar-refractivity contribution >= 4 is 22.6 Å². The number of aliphatic hydroxyl groups excluding tert-OH is 1. The molecule has 0 radical (unpaired) electrons. The van der Waals surface area contributed by atoms with E-state index in [1.54, 1.807) is 0 Å². The van der Waals surface area contributed by atoms with Crippen LogP contribution in [0.1, 0.15) is 5.69 Å². The number of hydrogen-bond donors (Lipinski definition) is 1. The Kier molecular flexibility index (Phi) is 2.56. The van der Waals surface area contributed by atoms with E-state index in [4.69, 9.17) is 5.11 Å². The maximum atomic E-state index is 12.6. The first kappa shape index (κ1) is 7.87. The normalized spacial score (nSPS) is 9.90. The molecule has 0 saturated carbocycles. The third-order valence-electron chi connectivity index (χ3n) is 1.03. The molecule has 1 heterocycles. The molecule has 0 bridgehead atoms. The van der Waals surface area contributed by atoms with E-state index in [0.29, 0.717) is 9.26 Å². The van der Waals surface area contributed by atoms with Gasteiger partial charge in [-0.3, -0.25) is 4.98 Å². The standard InChI is InChI=1S/C6H5FINO/c7-5-1-4(3-10)9-2-6(5)8/h1-2,10H,3H2. The predicted octanol–water partition coefficient (Wildman–Crippen LogP) is 1.32. The van der Waals surface area contributed by atoms with Crippen molar-refractivity contribution < 1.29 is 9.50 Å². The smallest absolute Gasteiger partial charge is 0.139 e. The molecule has 54 valence electrons. The van der Waals surface area contributed by atoms with Crippen LogP contribution in [0.15, 0.2) is 12.3 Å². The summed E-state index contributed by atoms with van der Waals surface area (Å²) in [7, 11) is 0. The Morgan fingerprint density at radius 1 is 1.70 bits per heavy atom. The van der Waals surface area contributed by atoms with Crippen LogP contribution in [0.2, 0.25) is 0 Å². The molecule has 0 saturated heterocycles. The number of aromatic nitrogens is 1. The van der Waals surface area contributed by atoms with Gasteiger partial charge in [-0.15, -0.1) is 0 Å². The summed E-state index contributed by atoms with van der Waals surface area (Å²) in [5.74, 6) is -0.334. The zero-order valence-electron chi connectivity index (χ0n) is 5.01. The largest absolute Gasteiger partial charge is 0.390 e. The van der Waals surface area contributed by atoms with Gasteiger partial charge in [-0.2, -0.15) is 0 Å². The molecule has 0 fully saturated rings. The number of rotatable bonds is 1. The van der Waals surface area contributed by atoms with Crippen molar-refractivity contribution in [3.63, 3.8) is 0 Å². The highest BCUT2D eigenvalue weighted by Crippen LogP contribution is 2.09. The molecule has 10 heavy (non-hydrogen) atoms. The van der Waals surface area contributed by atoms with Crippen LogP contribution in [0.5, 0.6) is 0 Å². The first-order chi connectivity index (χ1) is 4.74. The topological polar surface area (TPSA) is 33.1 Å². The SMILES string of the molecule is OCc1cc(F)c(I)cn1. The molecular weight excluding hydrogens is 248 g/mol. The van der Waals surface area contributed by atoms with Crippen LogP contribution in [0.4, 0.5) is 4.39 Å². The van der Waals surface area contributed by atoms with Gasteiger partial charge in [0.05, 0.1) is 15.9 Å². The van der Waals surface area contributed by atoms with Crippen molar-refractivity contribution in [1.29, 1.82) is 0 Å². The number of halogens is 2. The second-order valence-electron chi connectivity index (χ2n) is 1.75. The van der Waals surface area contributed by atoms with Crippen molar-refractivity contribution in [2.24, 2.45) is 0 Å². The third kappa shape index (κ3) is 1.63. The van der Waals surface area contributed by atoms with Gasteiger partial charge in [0.1, 0.15) is 5.82 Å². The highest BCUT2D eigenvalue weighted by Gasteiger charge is 1.99. The third-order valence-corrected chi connectivity index (χ3v) is 1.82. The van der Waals surface area contributed by atoms with Crippen LogP contribution >= 0.6 is 22.6 Å². The van der Waals surface area contributed by atoms with Gasteiger partial charge in [0.2, 0.25) is 0 Å². The van der Waals surface area contributed by atoms with E-state index in [-0.39, 0.29) is 12.4 Å². The lowest BCUT2D eigenvalue weighted by atomic mass is 10.4. The molecular formula is C6H5FINO. The number of hydrogen-bond acceptors (Lipinski definition) is 2. The van der Waals surface area contributed by atoms with Crippen LogP contribution in [-0.4, -0.2) is 10.1 Å². The molecule has 0 aliphatic carbocycles. The van der Waals surface area contributed by atoms with Crippen LogP contribution in [0.3, 0.4) is 0 Å². The monoisotopic (exact) mass is 253 g/mol. The molecule has 0 aromatic carbocycles. The summed E-state index contributed by atoms with van der Waals surface area (Å²) in [6, 6.07) is 1.22. The van der Waals surface area contributed by atoms with Gasteiger partial charge in [0, 0.05) is 6.20 Å². The molecule has 0 aliphatic heterocycles. The average Bonchev–Trinajstić information content (AvgIpc) is 1.95. The Labute approximate surface area is 71.2 Å². The lowest BCUT2D eigenvalue weighted by Crippen LogP contribution is -1.92. The molecule has 1 aromatic heterocycles. The van der Waals surface area contributed by atoms with Crippen molar-refractivity contribution in [3.05, 3.63) is 27.3 Å². The quantitative estimate of drug-likeness (QED) is 0.765. The van der Waals surface area contributed by atoms with Crippen molar-refractivity contribution in [2.75, 3.05) is 0 Å². The van der Waals surface area contributed by atoms with E-state index in [2.05, 4.69) is 4.98 Å². The molecule has 0 amide bonds. The average molecular weight is 253 g/mol. The molecule has 2 nitrogen and oxygen atoms in total. The summed E-state index contributed by atoms with van der Waals surface area (Å²) >= 11 is 1.84. The molecule has 4 heteroatoms. The number of aliphatic hydroxyl groups is 1.